The molecule has 204 valence electrons. The van der Waals surface area contributed by atoms with Gasteiger partial charge in [-0.05, 0) is 33.5 Å². The second kappa shape index (κ2) is 9.85. The third-order valence-corrected chi connectivity index (χ3v) is 8.73. The second-order valence-corrected chi connectivity index (χ2v) is 11.7. The first-order valence-electron chi connectivity index (χ1n) is 14.7. The molecular weight excluding hydrogens is 522 g/mol. The number of aromatic nitrogens is 3. The van der Waals surface area contributed by atoms with Gasteiger partial charge in [0.25, 0.3) is 0 Å². The number of hydrogen-bond acceptors (Lipinski definition) is 3. The summed E-state index contributed by atoms with van der Waals surface area (Å²) in [6.45, 7) is 4.53. The zero-order chi connectivity index (χ0) is 29.0. The van der Waals surface area contributed by atoms with E-state index in [-0.39, 0.29) is 5.41 Å². The van der Waals surface area contributed by atoms with Crippen LogP contribution in [-0.2, 0) is 5.41 Å². The Hall–Kier alpha value is -5.41. The third-order valence-electron chi connectivity index (χ3n) is 8.73. The molecule has 0 fully saturated rings. The molecule has 1 aliphatic rings. The van der Waals surface area contributed by atoms with E-state index in [4.69, 9.17) is 15.0 Å². The van der Waals surface area contributed by atoms with Gasteiger partial charge in [-0.3, -0.25) is 4.98 Å². The number of nitrogens with zero attached hydrogens (tertiary/aromatic N) is 3. The third kappa shape index (κ3) is 4.08. The Bertz CT molecular complexity index is 2130. The topological polar surface area (TPSA) is 38.7 Å². The Morgan fingerprint density at radius 3 is 1.72 bits per heavy atom. The number of benzene rings is 5. The Kier molecular flexibility index (Phi) is 5.80. The molecule has 7 aromatic rings. The first kappa shape index (κ1) is 25.3. The lowest BCUT2D eigenvalue weighted by Crippen LogP contribution is -2.18. The monoisotopic (exact) mass is 551 g/mol. The standard InChI is InChI=1S/C40H29N3/c1-40(2)34-25-41-35(27-16-8-4-9-17-27)24-33(34)38-36(40)37(28-18-10-5-11-19-28)42-39(43-38)32-23-13-21-30-29(20-12-22-31(30)32)26-14-6-3-7-15-26/h3-25H,1-2H3. The van der Waals surface area contributed by atoms with Gasteiger partial charge in [0.1, 0.15) is 0 Å². The van der Waals surface area contributed by atoms with Crippen LogP contribution in [0.15, 0.2) is 140 Å². The Labute approximate surface area is 251 Å². The smallest absolute Gasteiger partial charge is 0.161 e. The predicted octanol–water partition coefficient (Wildman–Crippen LogP) is 10.00. The van der Waals surface area contributed by atoms with Gasteiger partial charge in [0.05, 0.1) is 17.1 Å². The minimum atomic E-state index is -0.310. The van der Waals surface area contributed by atoms with E-state index in [1.165, 1.54) is 22.1 Å². The van der Waals surface area contributed by atoms with E-state index in [2.05, 4.69) is 141 Å². The fraction of sp³-hybridized carbons (Fsp3) is 0.0750. The summed E-state index contributed by atoms with van der Waals surface area (Å²) >= 11 is 0. The van der Waals surface area contributed by atoms with Crippen molar-refractivity contribution >= 4 is 10.8 Å². The number of fused-ring (bicyclic) bond motifs is 4. The molecule has 5 aromatic carbocycles. The SMILES string of the molecule is CC1(C)c2cnc(-c3ccccc3)cc2-c2nc(-c3cccc4c(-c5ccccc5)cccc34)nc(-c3ccccc3)c21. The molecule has 1 aliphatic carbocycles. The molecule has 3 heteroatoms. The molecule has 0 atom stereocenters. The van der Waals surface area contributed by atoms with Crippen LogP contribution in [0.2, 0.25) is 0 Å². The molecule has 8 rings (SSSR count). The summed E-state index contributed by atoms with van der Waals surface area (Å²) in [5.74, 6) is 0.732. The summed E-state index contributed by atoms with van der Waals surface area (Å²) < 4.78 is 0. The molecule has 43 heavy (non-hydrogen) atoms. The molecule has 0 radical (unpaired) electrons. The Morgan fingerprint density at radius 1 is 0.488 bits per heavy atom. The maximum absolute atomic E-state index is 5.40. The molecule has 2 heterocycles. The first-order valence-corrected chi connectivity index (χ1v) is 14.7. The zero-order valence-electron chi connectivity index (χ0n) is 24.1. The average Bonchev–Trinajstić information content (AvgIpc) is 3.30. The van der Waals surface area contributed by atoms with Crippen LogP contribution in [0.3, 0.4) is 0 Å². The van der Waals surface area contributed by atoms with Gasteiger partial charge in [-0.2, -0.15) is 0 Å². The molecule has 3 nitrogen and oxygen atoms in total. The van der Waals surface area contributed by atoms with Crippen molar-refractivity contribution in [2.24, 2.45) is 0 Å². The van der Waals surface area contributed by atoms with Crippen molar-refractivity contribution in [2.45, 2.75) is 19.3 Å². The minimum absolute atomic E-state index is 0.310. The fourth-order valence-electron chi connectivity index (χ4n) is 6.60. The average molecular weight is 552 g/mol. The summed E-state index contributed by atoms with van der Waals surface area (Å²) in [6, 6.07) is 46.6. The highest BCUT2D eigenvalue weighted by Crippen LogP contribution is 2.52. The summed E-state index contributed by atoms with van der Waals surface area (Å²) in [6.07, 6.45) is 2.04. The number of rotatable bonds is 4. The van der Waals surface area contributed by atoms with Gasteiger partial charge in [0.15, 0.2) is 5.82 Å². The molecule has 0 unspecified atom stereocenters. The quantitative estimate of drug-likeness (QED) is 0.218. The molecule has 0 spiro atoms. The molecule has 2 aromatic heterocycles. The van der Waals surface area contributed by atoms with E-state index in [0.29, 0.717) is 0 Å². The normalized spacial score (nSPS) is 13.1. The molecule has 0 amide bonds. The highest BCUT2D eigenvalue weighted by molar-refractivity contribution is 6.04. The van der Waals surface area contributed by atoms with Crippen LogP contribution in [0, 0.1) is 0 Å². The van der Waals surface area contributed by atoms with Gasteiger partial charge < -0.3 is 0 Å². The van der Waals surface area contributed by atoms with Crippen LogP contribution in [0.1, 0.15) is 25.0 Å². The van der Waals surface area contributed by atoms with Gasteiger partial charge in [-0.15, -0.1) is 0 Å². The van der Waals surface area contributed by atoms with Crippen molar-refractivity contribution in [2.75, 3.05) is 0 Å². The van der Waals surface area contributed by atoms with Gasteiger partial charge in [0.2, 0.25) is 0 Å². The van der Waals surface area contributed by atoms with Crippen LogP contribution in [-0.4, -0.2) is 15.0 Å². The molecule has 0 aliphatic heterocycles. The second-order valence-electron chi connectivity index (χ2n) is 11.7. The zero-order valence-corrected chi connectivity index (χ0v) is 24.1. The summed E-state index contributed by atoms with van der Waals surface area (Å²) in [7, 11) is 0. The van der Waals surface area contributed by atoms with E-state index >= 15 is 0 Å². The van der Waals surface area contributed by atoms with Crippen LogP contribution >= 0.6 is 0 Å². The lowest BCUT2D eigenvalue weighted by Gasteiger charge is -2.23. The first-order chi connectivity index (χ1) is 21.1. The van der Waals surface area contributed by atoms with Gasteiger partial charge in [0, 0.05) is 39.4 Å². The van der Waals surface area contributed by atoms with Crippen LogP contribution in [0.25, 0.3) is 67.1 Å². The Morgan fingerprint density at radius 2 is 1.05 bits per heavy atom. The van der Waals surface area contributed by atoms with E-state index in [0.717, 1.165) is 56.1 Å². The van der Waals surface area contributed by atoms with E-state index in [1.54, 1.807) is 0 Å². The maximum atomic E-state index is 5.40. The van der Waals surface area contributed by atoms with Crippen molar-refractivity contribution in [1.29, 1.82) is 0 Å². The highest BCUT2D eigenvalue weighted by Gasteiger charge is 2.40. The number of pyridine rings is 1. The van der Waals surface area contributed by atoms with Gasteiger partial charge in [-0.25, -0.2) is 9.97 Å². The van der Waals surface area contributed by atoms with E-state index < -0.39 is 0 Å². The van der Waals surface area contributed by atoms with Crippen LogP contribution < -0.4 is 0 Å². The Balaban J connectivity index is 1.41. The largest absolute Gasteiger partial charge is 0.256 e. The van der Waals surface area contributed by atoms with Crippen LogP contribution in [0.5, 0.6) is 0 Å². The van der Waals surface area contributed by atoms with Crippen molar-refractivity contribution < 1.29 is 0 Å². The molecule has 0 saturated heterocycles. The van der Waals surface area contributed by atoms with Gasteiger partial charge >= 0.3 is 0 Å². The molecule has 0 N–H and O–H groups in total. The molecule has 0 bridgehead atoms. The van der Waals surface area contributed by atoms with E-state index in [1.807, 2.05) is 12.3 Å². The predicted molar refractivity (Wildman–Crippen MR) is 177 cm³/mol. The number of hydrogen-bond donors (Lipinski definition) is 0. The van der Waals surface area contributed by atoms with E-state index in [9.17, 15) is 0 Å². The van der Waals surface area contributed by atoms with Crippen molar-refractivity contribution in [3.8, 4) is 56.3 Å². The molecule has 0 saturated carbocycles. The fourth-order valence-corrected chi connectivity index (χ4v) is 6.60. The lowest BCUT2D eigenvalue weighted by molar-refractivity contribution is 0.655. The summed E-state index contributed by atoms with van der Waals surface area (Å²) in [5.41, 5.74) is 11.7. The lowest BCUT2D eigenvalue weighted by atomic mass is 9.81. The summed E-state index contributed by atoms with van der Waals surface area (Å²) in [4.78, 5) is 15.7. The van der Waals surface area contributed by atoms with Crippen molar-refractivity contribution in [3.05, 3.63) is 151 Å². The van der Waals surface area contributed by atoms with Gasteiger partial charge in [-0.1, -0.05) is 141 Å². The van der Waals surface area contributed by atoms with Crippen molar-refractivity contribution in [3.63, 3.8) is 0 Å². The highest BCUT2D eigenvalue weighted by atomic mass is 14.9. The summed E-state index contributed by atoms with van der Waals surface area (Å²) in [5, 5.41) is 2.33. The minimum Gasteiger partial charge on any atom is -0.256 e. The van der Waals surface area contributed by atoms with Crippen LogP contribution in [0.4, 0.5) is 0 Å². The maximum Gasteiger partial charge on any atom is 0.161 e. The van der Waals surface area contributed by atoms with Crippen molar-refractivity contribution in [1.82, 2.24) is 15.0 Å². The molecular formula is C40H29N3.